The Labute approximate surface area is 161 Å². The molecular formula is C19H18ClN5O2. The van der Waals surface area contributed by atoms with E-state index in [1.807, 2.05) is 36.4 Å². The molecule has 0 aliphatic rings. The fraction of sp³-hybridized carbons (Fsp3) is 0.158. The monoisotopic (exact) mass is 383 g/mol. The van der Waals surface area contributed by atoms with E-state index in [2.05, 4.69) is 22.4 Å². The number of nitrogens with one attached hydrogen (secondary N) is 1. The number of anilines is 1. The van der Waals surface area contributed by atoms with E-state index in [9.17, 15) is 10.1 Å². The number of hydrogen-bond acceptors (Lipinski definition) is 5. The minimum absolute atomic E-state index is 0. The summed E-state index contributed by atoms with van der Waals surface area (Å²) < 4.78 is 1.74. The van der Waals surface area contributed by atoms with Gasteiger partial charge in [0, 0.05) is 23.9 Å². The van der Waals surface area contributed by atoms with Crippen molar-refractivity contribution in [3.63, 3.8) is 0 Å². The first-order valence-corrected chi connectivity index (χ1v) is 8.40. The fourth-order valence-electron chi connectivity index (χ4n) is 3.07. The van der Waals surface area contributed by atoms with Crippen molar-refractivity contribution < 1.29 is 4.92 Å². The zero-order chi connectivity index (χ0) is 17.9. The standard InChI is InChI=1S/C19H17N5O2.ClH/c25-24(26)18-12-23(13-21-18)11-5-10-20-19-14-6-1-3-8-16(14)22-17-9-4-2-7-15(17)19;/h1-4,6-9,12-13H,5,10-11H2,(H,20,22);1H. The van der Waals surface area contributed by atoms with Gasteiger partial charge in [0.25, 0.3) is 0 Å². The van der Waals surface area contributed by atoms with Crippen LogP contribution in [0.1, 0.15) is 6.42 Å². The second kappa shape index (κ2) is 8.01. The molecule has 0 aliphatic carbocycles. The number of nitro groups is 1. The van der Waals surface area contributed by atoms with Crippen LogP contribution in [0.15, 0.2) is 61.1 Å². The van der Waals surface area contributed by atoms with Crippen LogP contribution in [-0.4, -0.2) is 26.0 Å². The summed E-state index contributed by atoms with van der Waals surface area (Å²) in [6.45, 7) is 1.40. The van der Waals surface area contributed by atoms with E-state index in [0.717, 1.165) is 40.5 Å². The Bertz CT molecular complexity index is 1040. The van der Waals surface area contributed by atoms with Crippen molar-refractivity contribution in [2.45, 2.75) is 13.0 Å². The van der Waals surface area contributed by atoms with Gasteiger partial charge in [-0.1, -0.05) is 36.4 Å². The molecule has 2 aromatic carbocycles. The van der Waals surface area contributed by atoms with Crippen molar-refractivity contribution in [2.75, 3.05) is 11.9 Å². The van der Waals surface area contributed by atoms with E-state index >= 15 is 0 Å². The molecule has 1 N–H and O–H groups in total. The molecule has 138 valence electrons. The number of rotatable bonds is 6. The Hall–Kier alpha value is -3.19. The molecule has 8 heteroatoms. The molecule has 0 unspecified atom stereocenters. The highest BCUT2D eigenvalue weighted by Gasteiger charge is 2.10. The number of halogens is 1. The van der Waals surface area contributed by atoms with E-state index in [1.54, 1.807) is 4.57 Å². The number of para-hydroxylation sites is 2. The lowest BCUT2D eigenvalue weighted by Gasteiger charge is -2.13. The number of fused-ring (bicyclic) bond motifs is 2. The van der Waals surface area contributed by atoms with Crippen LogP contribution in [0.25, 0.3) is 21.8 Å². The van der Waals surface area contributed by atoms with E-state index in [0.29, 0.717) is 6.54 Å². The molecule has 7 nitrogen and oxygen atoms in total. The van der Waals surface area contributed by atoms with Gasteiger partial charge < -0.3 is 20.0 Å². The molecule has 0 bridgehead atoms. The van der Waals surface area contributed by atoms with Gasteiger partial charge in [0.15, 0.2) is 0 Å². The van der Waals surface area contributed by atoms with E-state index in [-0.39, 0.29) is 18.2 Å². The molecule has 0 amide bonds. The predicted molar refractivity (Wildman–Crippen MR) is 108 cm³/mol. The molecule has 4 aromatic rings. The van der Waals surface area contributed by atoms with E-state index < -0.39 is 4.92 Å². The number of aromatic nitrogens is 3. The Morgan fingerprint density at radius 2 is 1.67 bits per heavy atom. The van der Waals surface area contributed by atoms with Gasteiger partial charge in [0.1, 0.15) is 6.20 Å². The van der Waals surface area contributed by atoms with E-state index in [1.165, 1.54) is 12.5 Å². The van der Waals surface area contributed by atoms with Crippen LogP contribution in [0.2, 0.25) is 0 Å². The van der Waals surface area contributed by atoms with Crippen molar-refractivity contribution in [1.29, 1.82) is 0 Å². The third-order valence-corrected chi connectivity index (χ3v) is 4.29. The van der Waals surface area contributed by atoms with Crippen molar-refractivity contribution >= 4 is 45.7 Å². The largest absolute Gasteiger partial charge is 0.384 e. The number of imidazole rings is 1. The zero-order valence-corrected chi connectivity index (χ0v) is 15.2. The summed E-state index contributed by atoms with van der Waals surface area (Å²) in [6, 6.07) is 16.1. The van der Waals surface area contributed by atoms with Gasteiger partial charge in [-0.25, -0.2) is 4.98 Å². The molecule has 0 saturated carbocycles. The molecule has 0 radical (unpaired) electrons. The van der Waals surface area contributed by atoms with Crippen LogP contribution < -0.4 is 5.32 Å². The average molecular weight is 384 g/mol. The summed E-state index contributed by atoms with van der Waals surface area (Å²) in [7, 11) is 0. The van der Waals surface area contributed by atoms with Crippen LogP contribution in [-0.2, 0) is 6.54 Å². The second-order valence-corrected chi connectivity index (χ2v) is 6.03. The maximum absolute atomic E-state index is 10.7. The lowest BCUT2D eigenvalue weighted by atomic mass is 10.1. The van der Waals surface area contributed by atoms with Crippen molar-refractivity contribution in [3.8, 4) is 0 Å². The van der Waals surface area contributed by atoms with Gasteiger partial charge in [0.2, 0.25) is 6.33 Å². The van der Waals surface area contributed by atoms with Crippen molar-refractivity contribution in [1.82, 2.24) is 14.5 Å². The molecule has 0 saturated heterocycles. The number of pyridine rings is 1. The summed E-state index contributed by atoms with van der Waals surface area (Å²) in [5.74, 6) is -0.121. The average Bonchev–Trinajstić information content (AvgIpc) is 3.13. The number of benzene rings is 2. The molecule has 27 heavy (non-hydrogen) atoms. The number of aryl methyl sites for hydroxylation is 1. The molecule has 4 rings (SSSR count). The Morgan fingerprint density at radius 3 is 2.26 bits per heavy atom. The summed E-state index contributed by atoms with van der Waals surface area (Å²) >= 11 is 0. The predicted octanol–water partition coefficient (Wildman–Crippen LogP) is 4.42. The zero-order valence-electron chi connectivity index (χ0n) is 14.4. The Morgan fingerprint density at radius 1 is 1.04 bits per heavy atom. The Balaban J connectivity index is 0.00000210. The smallest absolute Gasteiger partial charge is 0.381 e. The topological polar surface area (TPSA) is 85.9 Å². The van der Waals surface area contributed by atoms with Crippen LogP contribution in [0.5, 0.6) is 0 Å². The second-order valence-electron chi connectivity index (χ2n) is 6.03. The van der Waals surface area contributed by atoms with E-state index in [4.69, 9.17) is 4.98 Å². The van der Waals surface area contributed by atoms with Crippen LogP contribution in [0.4, 0.5) is 11.5 Å². The molecule has 0 aliphatic heterocycles. The van der Waals surface area contributed by atoms with Crippen molar-refractivity contribution in [2.24, 2.45) is 0 Å². The highest BCUT2D eigenvalue weighted by atomic mass is 35.5. The maximum atomic E-state index is 10.7. The van der Waals surface area contributed by atoms with Gasteiger partial charge in [-0.2, -0.15) is 0 Å². The molecular weight excluding hydrogens is 366 g/mol. The molecule has 0 fully saturated rings. The first-order valence-electron chi connectivity index (χ1n) is 8.40. The lowest BCUT2D eigenvalue weighted by molar-refractivity contribution is -0.389. The van der Waals surface area contributed by atoms with Gasteiger partial charge in [0.05, 0.1) is 16.7 Å². The minimum Gasteiger partial charge on any atom is -0.384 e. The van der Waals surface area contributed by atoms with Gasteiger partial charge in [-0.05, 0) is 28.5 Å². The van der Waals surface area contributed by atoms with Crippen molar-refractivity contribution in [3.05, 3.63) is 71.2 Å². The number of hydrogen-bond donors (Lipinski definition) is 1. The third kappa shape index (κ3) is 3.83. The minimum atomic E-state index is -0.482. The maximum Gasteiger partial charge on any atom is 0.381 e. The van der Waals surface area contributed by atoms with Crippen LogP contribution >= 0.6 is 12.4 Å². The highest BCUT2D eigenvalue weighted by molar-refractivity contribution is 6.07. The van der Waals surface area contributed by atoms with Crippen LogP contribution in [0.3, 0.4) is 0 Å². The van der Waals surface area contributed by atoms with Gasteiger partial charge in [-0.15, -0.1) is 12.4 Å². The summed E-state index contributed by atoms with van der Waals surface area (Å²) in [6.07, 6.45) is 3.77. The summed E-state index contributed by atoms with van der Waals surface area (Å²) in [4.78, 5) is 18.7. The summed E-state index contributed by atoms with van der Waals surface area (Å²) in [5, 5.41) is 16.4. The molecule has 0 atom stereocenters. The quantitative estimate of drug-likeness (QED) is 0.230. The summed E-state index contributed by atoms with van der Waals surface area (Å²) in [5.41, 5.74) is 2.99. The third-order valence-electron chi connectivity index (χ3n) is 4.29. The Kier molecular flexibility index (Phi) is 5.52. The first kappa shape index (κ1) is 18.6. The van der Waals surface area contributed by atoms with Crippen LogP contribution in [0, 0.1) is 10.1 Å². The van der Waals surface area contributed by atoms with Gasteiger partial charge >= 0.3 is 5.82 Å². The molecule has 2 heterocycles. The molecule has 2 aromatic heterocycles. The highest BCUT2D eigenvalue weighted by Crippen LogP contribution is 2.30. The lowest BCUT2D eigenvalue weighted by Crippen LogP contribution is -2.07. The fourth-order valence-corrected chi connectivity index (χ4v) is 3.07. The first-order chi connectivity index (χ1) is 12.7. The van der Waals surface area contributed by atoms with Gasteiger partial charge in [-0.3, -0.25) is 0 Å². The SMILES string of the molecule is Cl.O=[N+]([O-])c1cn(CCCNc2c3ccccc3nc3ccccc23)cn1. The molecule has 0 spiro atoms. The number of nitrogens with zero attached hydrogens (tertiary/aromatic N) is 4. The normalized spacial score (nSPS) is 10.7.